The van der Waals surface area contributed by atoms with Crippen LogP contribution in [0.1, 0.15) is 5.56 Å². The van der Waals surface area contributed by atoms with E-state index >= 15 is 0 Å². The van der Waals surface area contributed by atoms with Crippen molar-refractivity contribution in [3.8, 4) is 11.5 Å². The first kappa shape index (κ1) is 17.0. The molecule has 2 aromatic rings. The molecule has 27 heavy (non-hydrogen) atoms. The summed E-state index contributed by atoms with van der Waals surface area (Å²) >= 11 is 0. The number of carbonyl (C=O) groups is 2. The van der Waals surface area contributed by atoms with E-state index in [0.29, 0.717) is 22.9 Å². The zero-order valence-electron chi connectivity index (χ0n) is 15.1. The Morgan fingerprint density at radius 3 is 2.11 bits per heavy atom. The quantitative estimate of drug-likeness (QED) is 0.777. The summed E-state index contributed by atoms with van der Waals surface area (Å²) in [5.41, 5.74) is 2.18. The van der Waals surface area contributed by atoms with Crippen LogP contribution in [0.15, 0.2) is 52.8 Å². The van der Waals surface area contributed by atoms with Crippen LogP contribution in [0.3, 0.4) is 0 Å². The number of ether oxygens (including phenoxy) is 2. The van der Waals surface area contributed by atoms with Crippen LogP contribution in [0.2, 0.25) is 0 Å². The van der Waals surface area contributed by atoms with Crippen LogP contribution in [0.25, 0.3) is 0 Å². The van der Waals surface area contributed by atoms with Crippen LogP contribution in [0.4, 0.5) is 11.4 Å². The Labute approximate surface area is 156 Å². The molecule has 4 rings (SSSR count). The molecule has 0 radical (unpaired) electrons. The summed E-state index contributed by atoms with van der Waals surface area (Å²) < 4.78 is 10.5. The normalized spacial score (nSPS) is 21.0. The molecule has 138 valence electrons. The molecule has 2 aromatic carbocycles. The van der Waals surface area contributed by atoms with E-state index < -0.39 is 18.0 Å². The molecule has 0 bridgehead atoms. The van der Waals surface area contributed by atoms with Gasteiger partial charge in [-0.2, -0.15) is 5.11 Å². The van der Waals surface area contributed by atoms with Crippen molar-refractivity contribution >= 4 is 23.2 Å². The maximum absolute atomic E-state index is 13.1. The maximum Gasteiger partial charge on any atom is 0.263 e. The summed E-state index contributed by atoms with van der Waals surface area (Å²) in [6.07, 6.45) is 0. The highest BCUT2D eigenvalue weighted by atomic mass is 16.5. The van der Waals surface area contributed by atoms with E-state index in [1.807, 2.05) is 31.2 Å². The molecule has 0 unspecified atom stereocenters. The monoisotopic (exact) mass is 366 g/mol. The topological polar surface area (TPSA) is 83.8 Å². The van der Waals surface area contributed by atoms with Gasteiger partial charge in [0.25, 0.3) is 11.8 Å². The second-order valence-electron chi connectivity index (χ2n) is 6.36. The van der Waals surface area contributed by atoms with Gasteiger partial charge in [0.15, 0.2) is 12.1 Å². The summed E-state index contributed by atoms with van der Waals surface area (Å²) in [6, 6.07) is 10.8. The molecular weight excluding hydrogens is 348 g/mol. The van der Waals surface area contributed by atoms with E-state index in [-0.39, 0.29) is 5.91 Å². The first-order valence-corrected chi connectivity index (χ1v) is 8.41. The van der Waals surface area contributed by atoms with E-state index in [1.54, 1.807) is 18.2 Å². The lowest BCUT2D eigenvalue weighted by Crippen LogP contribution is -2.39. The fraction of sp³-hybridized carbons (Fsp3) is 0.263. The molecule has 2 aliphatic heterocycles. The zero-order chi connectivity index (χ0) is 19.1. The molecular formula is C19H18N4O4. The van der Waals surface area contributed by atoms with Gasteiger partial charge in [-0.1, -0.05) is 22.9 Å². The third-order valence-corrected chi connectivity index (χ3v) is 4.67. The molecule has 8 nitrogen and oxygen atoms in total. The van der Waals surface area contributed by atoms with Crippen LogP contribution in [-0.2, 0) is 9.59 Å². The van der Waals surface area contributed by atoms with Crippen molar-refractivity contribution < 1.29 is 19.1 Å². The summed E-state index contributed by atoms with van der Waals surface area (Å²) in [5, 5.41) is 9.61. The van der Waals surface area contributed by atoms with Crippen molar-refractivity contribution in [2.75, 3.05) is 24.1 Å². The standard InChI is InChI=1S/C19H18N4O4/c1-11-4-6-12(7-5-11)23-17-16(20-21-23)18(24)22(19(17)25)13-8-14(26-2)10-15(9-13)27-3/h4-10,16-17H,1-3H3/t16-,17+/m0/s1. The minimum absolute atomic E-state index is 0.383. The number of anilines is 2. The molecule has 2 aliphatic rings. The smallest absolute Gasteiger partial charge is 0.263 e. The average molecular weight is 366 g/mol. The van der Waals surface area contributed by atoms with Gasteiger partial charge < -0.3 is 9.47 Å². The lowest BCUT2D eigenvalue weighted by atomic mass is 10.1. The van der Waals surface area contributed by atoms with Crippen molar-refractivity contribution in [2.45, 2.75) is 19.0 Å². The molecule has 1 fully saturated rings. The Kier molecular flexibility index (Phi) is 4.02. The molecule has 0 N–H and O–H groups in total. The Morgan fingerprint density at radius 1 is 0.889 bits per heavy atom. The highest BCUT2D eigenvalue weighted by molar-refractivity contribution is 6.26. The fourth-order valence-electron chi connectivity index (χ4n) is 3.25. The Bertz CT molecular complexity index is 919. The predicted octanol–water partition coefficient (Wildman–Crippen LogP) is 2.51. The number of aryl methyl sites for hydroxylation is 1. The van der Waals surface area contributed by atoms with Gasteiger partial charge in [0, 0.05) is 18.2 Å². The highest BCUT2D eigenvalue weighted by Crippen LogP contribution is 2.37. The van der Waals surface area contributed by atoms with Crippen LogP contribution in [0, 0.1) is 6.92 Å². The molecule has 2 atom stereocenters. The fourth-order valence-corrected chi connectivity index (χ4v) is 3.25. The van der Waals surface area contributed by atoms with Crippen molar-refractivity contribution in [1.82, 2.24) is 0 Å². The largest absolute Gasteiger partial charge is 0.497 e. The summed E-state index contributed by atoms with van der Waals surface area (Å²) in [5.74, 6) is 0.169. The van der Waals surface area contributed by atoms with Crippen LogP contribution < -0.4 is 19.4 Å². The van der Waals surface area contributed by atoms with E-state index in [2.05, 4.69) is 10.3 Å². The first-order chi connectivity index (χ1) is 13.0. The number of rotatable bonds is 4. The van der Waals surface area contributed by atoms with Crippen LogP contribution in [0.5, 0.6) is 11.5 Å². The Hall–Kier alpha value is -3.42. The molecule has 8 heteroatoms. The van der Waals surface area contributed by atoms with Crippen molar-refractivity contribution in [1.29, 1.82) is 0 Å². The minimum Gasteiger partial charge on any atom is -0.497 e. The number of methoxy groups -OCH3 is 2. The molecule has 0 spiro atoms. The molecule has 0 aliphatic carbocycles. The van der Waals surface area contributed by atoms with Gasteiger partial charge in [-0.3, -0.25) is 9.59 Å². The molecule has 2 heterocycles. The number of benzene rings is 2. The second-order valence-corrected chi connectivity index (χ2v) is 6.36. The van der Waals surface area contributed by atoms with Gasteiger partial charge >= 0.3 is 0 Å². The third kappa shape index (κ3) is 2.69. The molecule has 0 aromatic heterocycles. The van der Waals surface area contributed by atoms with Gasteiger partial charge in [0.1, 0.15) is 11.5 Å². The predicted molar refractivity (Wildman–Crippen MR) is 98.1 cm³/mol. The zero-order valence-corrected chi connectivity index (χ0v) is 15.1. The first-order valence-electron chi connectivity index (χ1n) is 8.41. The van der Waals surface area contributed by atoms with E-state index in [0.717, 1.165) is 10.5 Å². The number of amides is 2. The summed E-state index contributed by atoms with van der Waals surface area (Å²) in [7, 11) is 3.02. The second kappa shape index (κ2) is 6.39. The number of hydrogen-bond acceptors (Lipinski definition) is 7. The van der Waals surface area contributed by atoms with Gasteiger partial charge in [0.05, 0.1) is 25.6 Å². The third-order valence-electron chi connectivity index (χ3n) is 4.67. The minimum atomic E-state index is -0.865. The van der Waals surface area contributed by atoms with E-state index in [4.69, 9.17) is 9.47 Å². The number of nitrogens with zero attached hydrogens (tertiary/aromatic N) is 4. The molecule has 2 amide bonds. The summed E-state index contributed by atoms with van der Waals surface area (Å²) in [6.45, 7) is 1.97. The lowest BCUT2D eigenvalue weighted by Gasteiger charge is -2.21. The van der Waals surface area contributed by atoms with Crippen LogP contribution >= 0.6 is 0 Å². The molecule has 1 saturated heterocycles. The van der Waals surface area contributed by atoms with Gasteiger partial charge in [-0.15, -0.1) is 0 Å². The number of carbonyl (C=O) groups excluding carboxylic acids is 2. The van der Waals surface area contributed by atoms with Crippen LogP contribution in [-0.4, -0.2) is 38.1 Å². The van der Waals surface area contributed by atoms with Crippen molar-refractivity contribution in [3.05, 3.63) is 48.0 Å². The van der Waals surface area contributed by atoms with Crippen molar-refractivity contribution in [2.24, 2.45) is 10.3 Å². The van der Waals surface area contributed by atoms with E-state index in [1.165, 1.54) is 19.2 Å². The number of hydrogen-bond donors (Lipinski definition) is 0. The molecule has 0 saturated carbocycles. The Morgan fingerprint density at radius 2 is 1.52 bits per heavy atom. The number of imide groups is 1. The lowest BCUT2D eigenvalue weighted by molar-refractivity contribution is -0.121. The maximum atomic E-state index is 13.1. The van der Waals surface area contributed by atoms with Gasteiger partial charge in [-0.05, 0) is 19.1 Å². The van der Waals surface area contributed by atoms with Gasteiger partial charge in [-0.25, -0.2) is 9.91 Å². The average Bonchev–Trinajstić information content (AvgIpc) is 3.22. The summed E-state index contributed by atoms with van der Waals surface area (Å²) in [4.78, 5) is 27.1. The van der Waals surface area contributed by atoms with Crippen molar-refractivity contribution in [3.63, 3.8) is 0 Å². The highest BCUT2D eigenvalue weighted by Gasteiger charge is 2.55. The van der Waals surface area contributed by atoms with E-state index in [9.17, 15) is 9.59 Å². The van der Waals surface area contributed by atoms with Gasteiger partial charge in [0.2, 0.25) is 0 Å². The number of fused-ring (bicyclic) bond motifs is 1. The SMILES string of the molecule is COc1cc(OC)cc(N2C(=O)[C@H]3N=NN(c4ccc(C)cc4)[C@H]3C2=O)c1. The Balaban J connectivity index is 1.71.